The van der Waals surface area contributed by atoms with Gasteiger partial charge in [0.15, 0.2) is 0 Å². The van der Waals surface area contributed by atoms with Crippen molar-refractivity contribution in [3.8, 4) is 0 Å². The largest absolute Gasteiger partial charge is 0.356 e. The lowest BCUT2D eigenvalue weighted by Crippen LogP contribution is -2.63. The van der Waals surface area contributed by atoms with Gasteiger partial charge in [0, 0.05) is 29.6 Å². The van der Waals surface area contributed by atoms with Gasteiger partial charge in [0.25, 0.3) is 0 Å². The molecule has 3 heterocycles. The molecule has 5 rings (SSSR count). The summed E-state index contributed by atoms with van der Waals surface area (Å²) in [6, 6.07) is 17.5. The van der Waals surface area contributed by atoms with Crippen LogP contribution < -0.4 is 0 Å². The number of aromatic nitrogens is 1. The van der Waals surface area contributed by atoms with Gasteiger partial charge >= 0.3 is 0 Å². The molecular weight excluding hydrogens is 362 g/mol. The Labute approximate surface area is 170 Å². The maximum Gasteiger partial charge on any atom is 0.246 e. The minimum Gasteiger partial charge on any atom is -0.356 e. The number of nitrogens with zero attached hydrogens (tertiary/aromatic N) is 2. The number of nitrogens with one attached hydrogen (secondary N) is 1. The zero-order valence-corrected chi connectivity index (χ0v) is 16.8. The average molecular weight is 387 g/mol. The molecule has 1 fully saturated rings. The first-order chi connectivity index (χ1) is 14.0. The van der Waals surface area contributed by atoms with E-state index in [9.17, 15) is 9.59 Å². The van der Waals surface area contributed by atoms with Crippen molar-refractivity contribution in [2.75, 3.05) is 13.1 Å². The smallest absolute Gasteiger partial charge is 0.246 e. The van der Waals surface area contributed by atoms with Crippen LogP contribution in [0.4, 0.5) is 0 Å². The number of para-hydroxylation sites is 1. The Balaban J connectivity index is 1.68. The quantitative estimate of drug-likeness (QED) is 0.748. The van der Waals surface area contributed by atoms with Crippen molar-refractivity contribution in [3.63, 3.8) is 0 Å². The lowest BCUT2D eigenvalue weighted by atomic mass is 9.86. The van der Waals surface area contributed by atoms with Crippen molar-refractivity contribution in [3.05, 3.63) is 71.4 Å². The van der Waals surface area contributed by atoms with E-state index in [0.29, 0.717) is 18.9 Å². The number of piperazine rings is 1. The third kappa shape index (κ3) is 2.84. The molecule has 5 heteroatoms. The van der Waals surface area contributed by atoms with Crippen molar-refractivity contribution in [1.82, 2.24) is 14.8 Å². The summed E-state index contributed by atoms with van der Waals surface area (Å²) in [5.74, 6) is 0.416. The Bertz CT molecular complexity index is 1090. The van der Waals surface area contributed by atoms with Crippen LogP contribution in [0.15, 0.2) is 54.6 Å². The van der Waals surface area contributed by atoms with Crippen LogP contribution in [0.3, 0.4) is 0 Å². The van der Waals surface area contributed by atoms with Crippen LogP contribution in [0.1, 0.15) is 36.7 Å². The highest BCUT2D eigenvalue weighted by Crippen LogP contribution is 2.42. The van der Waals surface area contributed by atoms with E-state index in [1.165, 1.54) is 0 Å². The molecular formula is C24H25N3O2. The minimum atomic E-state index is -0.452. The van der Waals surface area contributed by atoms with Crippen molar-refractivity contribution in [1.29, 1.82) is 0 Å². The fourth-order valence-corrected chi connectivity index (χ4v) is 4.90. The molecule has 0 aliphatic carbocycles. The molecule has 2 atom stereocenters. The third-order valence-corrected chi connectivity index (χ3v) is 6.04. The summed E-state index contributed by atoms with van der Waals surface area (Å²) >= 11 is 0. The van der Waals surface area contributed by atoms with Crippen molar-refractivity contribution in [2.24, 2.45) is 5.92 Å². The second kappa shape index (κ2) is 6.76. The molecule has 1 saturated heterocycles. The van der Waals surface area contributed by atoms with Gasteiger partial charge in [-0.25, -0.2) is 0 Å². The summed E-state index contributed by atoms with van der Waals surface area (Å²) in [7, 11) is 0. The van der Waals surface area contributed by atoms with Crippen molar-refractivity contribution >= 4 is 22.7 Å². The molecule has 0 bridgehead atoms. The monoisotopic (exact) mass is 387 g/mol. The van der Waals surface area contributed by atoms with E-state index >= 15 is 0 Å². The first-order valence-electron chi connectivity index (χ1n) is 10.3. The molecule has 0 saturated carbocycles. The summed E-state index contributed by atoms with van der Waals surface area (Å²) in [4.78, 5) is 33.8. The number of amides is 2. The average Bonchev–Trinajstić information content (AvgIpc) is 3.09. The summed E-state index contributed by atoms with van der Waals surface area (Å²) < 4.78 is 0. The Morgan fingerprint density at radius 1 is 1.03 bits per heavy atom. The van der Waals surface area contributed by atoms with Gasteiger partial charge in [0.2, 0.25) is 11.8 Å². The topological polar surface area (TPSA) is 56.4 Å². The van der Waals surface area contributed by atoms with Gasteiger partial charge in [0.05, 0.1) is 12.6 Å². The number of aromatic amines is 1. The fraction of sp³-hybridized carbons (Fsp3) is 0.333. The summed E-state index contributed by atoms with van der Waals surface area (Å²) in [6.45, 7) is 4.93. The molecule has 2 aromatic carbocycles. The Morgan fingerprint density at radius 3 is 2.52 bits per heavy atom. The minimum absolute atomic E-state index is 0.0217. The summed E-state index contributed by atoms with van der Waals surface area (Å²) in [6.07, 6.45) is 0.557. The van der Waals surface area contributed by atoms with E-state index < -0.39 is 6.04 Å². The number of rotatable bonds is 3. The van der Waals surface area contributed by atoms with Crippen LogP contribution in [-0.4, -0.2) is 45.7 Å². The van der Waals surface area contributed by atoms with E-state index in [2.05, 4.69) is 31.0 Å². The number of benzene rings is 2. The zero-order valence-electron chi connectivity index (χ0n) is 16.8. The predicted octanol–water partition coefficient (Wildman–Crippen LogP) is 3.51. The molecule has 3 aromatic rings. The van der Waals surface area contributed by atoms with E-state index in [1.54, 1.807) is 4.90 Å². The van der Waals surface area contributed by atoms with E-state index in [4.69, 9.17) is 0 Å². The number of hydrogen-bond donors (Lipinski definition) is 1. The first-order valence-corrected chi connectivity index (χ1v) is 10.3. The van der Waals surface area contributed by atoms with E-state index in [-0.39, 0.29) is 24.4 Å². The molecule has 0 spiro atoms. The van der Waals surface area contributed by atoms with Gasteiger partial charge in [-0.2, -0.15) is 0 Å². The molecule has 1 N–H and O–H groups in total. The second-order valence-corrected chi connectivity index (χ2v) is 8.51. The second-order valence-electron chi connectivity index (χ2n) is 8.51. The molecule has 148 valence electrons. The van der Waals surface area contributed by atoms with Gasteiger partial charge in [-0.15, -0.1) is 0 Å². The zero-order chi connectivity index (χ0) is 20.1. The maximum atomic E-state index is 13.4. The number of H-pyrrole nitrogens is 1. The van der Waals surface area contributed by atoms with Crippen molar-refractivity contribution in [2.45, 2.75) is 32.4 Å². The molecule has 2 aliphatic rings. The Hall–Kier alpha value is -3.08. The van der Waals surface area contributed by atoms with Gasteiger partial charge in [-0.05, 0) is 23.1 Å². The van der Waals surface area contributed by atoms with Crippen LogP contribution in [0.5, 0.6) is 0 Å². The standard InChI is InChI=1S/C24H25N3O2/c1-15(2)13-26-14-21(28)27-20(24(26)29)12-18-17-10-6-7-11-19(17)25-22(18)23(27)16-8-4-3-5-9-16/h3-11,15,20,23,25H,12-14H2,1-2H3/t20-,23-/m0/s1. The van der Waals surface area contributed by atoms with Crippen LogP contribution in [0.2, 0.25) is 0 Å². The highest BCUT2D eigenvalue weighted by Gasteiger charge is 2.48. The van der Waals surface area contributed by atoms with Crippen LogP contribution in [0.25, 0.3) is 10.9 Å². The Kier molecular flexibility index (Phi) is 4.19. The highest BCUT2D eigenvalue weighted by molar-refractivity contribution is 5.97. The van der Waals surface area contributed by atoms with Crippen LogP contribution in [-0.2, 0) is 16.0 Å². The Morgan fingerprint density at radius 2 is 1.76 bits per heavy atom. The summed E-state index contributed by atoms with van der Waals surface area (Å²) in [5, 5.41) is 1.14. The molecule has 2 aliphatic heterocycles. The van der Waals surface area contributed by atoms with E-state index in [1.807, 2.05) is 47.4 Å². The lowest BCUT2D eigenvalue weighted by molar-refractivity contribution is -0.159. The molecule has 1 aromatic heterocycles. The number of hydrogen-bond acceptors (Lipinski definition) is 2. The fourth-order valence-electron chi connectivity index (χ4n) is 4.90. The predicted molar refractivity (Wildman–Crippen MR) is 112 cm³/mol. The van der Waals surface area contributed by atoms with Gasteiger partial charge in [-0.1, -0.05) is 62.4 Å². The number of carbonyl (C=O) groups is 2. The lowest BCUT2D eigenvalue weighted by Gasteiger charge is -2.47. The van der Waals surface area contributed by atoms with Crippen LogP contribution >= 0.6 is 0 Å². The van der Waals surface area contributed by atoms with Crippen LogP contribution in [0, 0.1) is 5.92 Å². The number of fused-ring (bicyclic) bond motifs is 4. The molecule has 0 radical (unpaired) electrons. The normalized spacial score (nSPS) is 21.6. The molecule has 2 amide bonds. The van der Waals surface area contributed by atoms with Gasteiger partial charge < -0.3 is 14.8 Å². The maximum absolute atomic E-state index is 13.4. The van der Waals surface area contributed by atoms with Crippen molar-refractivity contribution < 1.29 is 9.59 Å². The number of carbonyl (C=O) groups excluding carboxylic acids is 2. The van der Waals surface area contributed by atoms with Gasteiger partial charge in [0.1, 0.15) is 6.04 Å². The highest BCUT2D eigenvalue weighted by atomic mass is 16.2. The SMILES string of the molecule is CC(C)CN1CC(=O)N2[C@@H](c3ccccc3)c3[nH]c4ccccc4c3C[C@H]2C1=O. The molecule has 0 unspecified atom stereocenters. The van der Waals surface area contributed by atoms with Gasteiger partial charge in [-0.3, -0.25) is 9.59 Å². The first kappa shape index (κ1) is 18.0. The van der Waals surface area contributed by atoms with E-state index in [0.717, 1.165) is 27.7 Å². The third-order valence-electron chi connectivity index (χ3n) is 6.04. The molecule has 29 heavy (non-hydrogen) atoms. The molecule has 5 nitrogen and oxygen atoms in total. The summed E-state index contributed by atoms with van der Waals surface area (Å²) in [5.41, 5.74) is 4.27.